The molecule has 4 heteroatoms. The van der Waals surface area contributed by atoms with Gasteiger partial charge in [-0.15, -0.1) is 0 Å². The molecule has 0 spiro atoms. The van der Waals surface area contributed by atoms with E-state index in [0.717, 1.165) is 12.1 Å². The van der Waals surface area contributed by atoms with Crippen LogP contribution in [0, 0.1) is 6.92 Å². The second-order valence-corrected chi connectivity index (χ2v) is 6.82. The lowest BCUT2D eigenvalue weighted by Crippen LogP contribution is -2.51. The first-order valence-corrected chi connectivity index (χ1v) is 7.91. The van der Waals surface area contributed by atoms with Gasteiger partial charge < -0.3 is 5.32 Å². The van der Waals surface area contributed by atoms with Crippen LogP contribution in [0.1, 0.15) is 37.9 Å². The number of hydrogen-bond donors (Lipinski definition) is 1. The van der Waals surface area contributed by atoms with Crippen LogP contribution >= 0.6 is 0 Å². The zero-order chi connectivity index (χ0) is 16.9. The molecule has 0 heterocycles. The lowest BCUT2D eigenvalue weighted by Gasteiger charge is -2.36. The van der Waals surface area contributed by atoms with Crippen LogP contribution in [0.25, 0.3) is 0 Å². The van der Waals surface area contributed by atoms with Crippen molar-refractivity contribution < 1.29 is 4.79 Å². The van der Waals surface area contributed by atoms with Crippen LogP contribution in [0.3, 0.4) is 0 Å². The minimum Gasteiger partial charge on any atom is -0.353 e. The zero-order valence-electron chi connectivity index (χ0n) is 15.1. The molecule has 124 valence electrons. The summed E-state index contributed by atoms with van der Waals surface area (Å²) >= 11 is 0. The topological polar surface area (TPSA) is 35.6 Å². The third-order valence-electron chi connectivity index (χ3n) is 4.33. The number of carbonyl (C=O) groups is 1. The highest BCUT2D eigenvalue weighted by atomic mass is 16.2. The molecular formula is C18H31N3O. The van der Waals surface area contributed by atoms with Crippen molar-refractivity contribution in [3.8, 4) is 0 Å². The number of benzene rings is 1. The molecule has 0 saturated heterocycles. The van der Waals surface area contributed by atoms with Gasteiger partial charge in [-0.2, -0.15) is 0 Å². The van der Waals surface area contributed by atoms with E-state index in [1.807, 2.05) is 44.1 Å². The molecule has 0 aromatic heterocycles. The van der Waals surface area contributed by atoms with Crippen LogP contribution < -0.4 is 5.32 Å². The highest BCUT2D eigenvalue weighted by Gasteiger charge is 2.27. The van der Waals surface area contributed by atoms with E-state index in [1.54, 1.807) is 0 Å². The molecule has 22 heavy (non-hydrogen) atoms. The molecule has 0 radical (unpaired) electrons. The van der Waals surface area contributed by atoms with Gasteiger partial charge in [0.25, 0.3) is 0 Å². The van der Waals surface area contributed by atoms with Crippen molar-refractivity contribution in [3.05, 3.63) is 35.4 Å². The Morgan fingerprint density at radius 2 is 1.91 bits per heavy atom. The van der Waals surface area contributed by atoms with Gasteiger partial charge in [0.15, 0.2) is 0 Å². The molecular weight excluding hydrogens is 274 g/mol. The normalized spacial score (nSPS) is 13.5. The molecule has 0 fully saturated rings. The minimum absolute atomic E-state index is 0.0492. The van der Waals surface area contributed by atoms with Gasteiger partial charge in [-0.1, -0.05) is 36.8 Å². The van der Waals surface area contributed by atoms with Gasteiger partial charge in [-0.25, -0.2) is 0 Å². The van der Waals surface area contributed by atoms with Crippen LogP contribution in [0.2, 0.25) is 0 Å². The average Bonchev–Trinajstić information content (AvgIpc) is 2.44. The number of carbonyl (C=O) groups excluding carboxylic acids is 1. The van der Waals surface area contributed by atoms with Crippen molar-refractivity contribution in [2.45, 2.75) is 39.3 Å². The van der Waals surface area contributed by atoms with Crippen molar-refractivity contribution in [3.63, 3.8) is 0 Å². The number of rotatable bonds is 7. The highest BCUT2D eigenvalue weighted by molar-refractivity contribution is 5.83. The van der Waals surface area contributed by atoms with E-state index in [4.69, 9.17) is 0 Å². The Labute approximate surface area is 135 Å². The van der Waals surface area contributed by atoms with E-state index in [1.165, 1.54) is 5.56 Å². The summed E-state index contributed by atoms with van der Waals surface area (Å²) in [5.74, 6) is 0.0492. The van der Waals surface area contributed by atoms with E-state index in [-0.39, 0.29) is 17.5 Å². The van der Waals surface area contributed by atoms with Crippen molar-refractivity contribution in [2.75, 3.05) is 34.2 Å². The number of nitrogens with zero attached hydrogens (tertiary/aromatic N) is 2. The molecule has 0 saturated carbocycles. The summed E-state index contributed by atoms with van der Waals surface area (Å²) in [6, 6.07) is 7.88. The molecule has 1 atom stereocenters. The predicted octanol–water partition coefficient (Wildman–Crippen LogP) is 2.44. The van der Waals surface area contributed by atoms with E-state index < -0.39 is 0 Å². The third kappa shape index (κ3) is 4.82. The Morgan fingerprint density at radius 1 is 1.27 bits per heavy atom. The van der Waals surface area contributed by atoms with E-state index in [2.05, 4.69) is 44.1 Å². The van der Waals surface area contributed by atoms with Crippen molar-refractivity contribution >= 4 is 5.91 Å². The SMILES string of the molecule is CCN(C)C(C)(C)CNC(=O)[C@H](c1cccc(C)c1)N(C)C. The summed E-state index contributed by atoms with van der Waals surface area (Å²) in [7, 11) is 5.96. The Hall–Kier alpha value is -1.39. The fraction of sp³-hybridized carbons (Fsp3) is 0.611. The maximum Gasteiger partial charge on any atom is 0.242 e. The second kappa shape index (κ2) is 7.75. The standard InChI is InChI=1S/C18H31N3O/c1-8-21(7)18(3,4)13-19-17(22)16(20(5)6)15-11-9-10-14(2)12-15/h9-12,16H,8,13H2,1-7H3,(H,19,22)/t16-/m0/s1. The number of likely N-dealkylation sites (N-methyl/N-ethyl adjacent to an activating group) is 2. The smallest absolute Gasteiger partial charge is 0.242 e. The molecule has 4 nitrogen and oxygen atoms in total. The molecule has 1 aromatic carbocycles. The van der Waals surface area contributed by atoms with Crippen LogP contribution in [-0.2, 0) is 4.79 Å². The number of hydrogen-bond acceptors (Lipinski definition) is 3. The quantitative estimate of drug-likeness (QED) is 0.840. The van der Waals surface area contributed by atoms with Gasteiger partial charge in [0.1, 0.15) is 6.04 Å². The van der Waals surface area contributed by atoms with Gasteiger partial charge in [0.2, 0.25) is 5.91 Å². The molecule has 1 N–H and O–H groups in total. The van der Waals surface area contributed by atoms with Gasteiger partial charge in [-0.3, -0.25) is 14.6 Å². The molecule has 1 aromatic rings. The highest BCUT2D eigenvalue weighted by Crippen LogP contribution is 2.20. The van der Waals surface area contributed by atoms with Crippen LogP contribution in [-0.4, -0.2) is 55.5 Å². The number of nitrogens with one attached hydrogen (secondary N) is 1. The maximum atomic E-state index is 12.7. The molecule has 0 aliphatic rings. The molecule has 1 rings (SSSR count). The minimum atomic E-state index is -0.261. The summed E-state index contributed by atoms with van der Waals surface area (Å²) in [6.07, 6.45) is 0. The molecule has 0 aliphatic carbocycles. The first kappa shape index (κ1) is 18.7. The fourth-order valence-corrected chi connectivity index (χ4v) is 2.49. The first-order chi connectivity index (χ1) is 10.2. The van der Waals surface area contributed by atoms with Crippen LogP contribution in [0.5, 0.6) is 0 Å². The third-order valence-corrected chi connectivity index (χ3v) is 4.33. The lowest BCUT2D eigenvalue weighted by molar-refractivity contribution is -0.126. The summed E-state index contributed by atoms with van der Waals surface area (Å²) < 4.78 is 0. The largest absolute Gasteiger partial charge is 0.353 e. The van der Waals surface area contributed by atoms with Crippen LogP contribution in [0.4, 0.5) is 0 Å². The van der Waals surface area contributed by atoms with Crippen molar-refractivity contribution in [1.29, 1.82) is 0 Å². The molecule has 0 aliphatic heterocycles. The monoisotopic (exact) mass is 305 g/mol. The molecule has 0 unspecified atom stereocenters. The fourth-order valence-electron chi connectivity index (χ4n) is 2.49. The van der Waals surface area contributed by atoms with Gasteiger partial charge in [0.05, 0.1) is 0 Å². The Kier molecular flexibility index (Phi) is 6.57. The predicted molar refractivity (Wildman–Crippen MR) is 93.0 cm³/mol. The van der Waals surface area contributed by atoms with E-state index in [9.17, 15) is 4.79 Å². The summed E-state index contributed by atoms with van der Waals surface area (Å²) in [5.41, 5.74) is 2.14. The lowest BCUT2D eigenvalue weighted by atomic mass is 10.0. The summed E-state index contributed by atoms with van der Waals surface area (Å²) in [4.78, 5) is 16.9. The van der Waals surface area contributed by atoms with Gasteiger partial charge in [-0.05, 0) is 54.0 Å². The summed E-state index contributed by atoms with van der Waals surface area (Å²) in [5, 5.41) is 3.12. The average molecular weight is 305 g/mol. The van der Waals surface area contributed by atoms with Crippen LogP contribution in [0.15, 0.2) is 24.3 Å². The zero-order valence-corrected chi connectivity index (χ0v) is 15.1. The second-order valence-electron chi connectivity index (χ2n) is 6.82. The number of amides is 1. The van der Waals surface area contributed by atoms with E-state index >= 15 is 0 Å². The van der Waals surface area contributed by atoms with Crippen molar-refractivity contribution in [1.82, 2.24) is 15.1 Å². The maximum absolute atomic E-state index is 12.7. The molecule has 0 bridgehead atoms. The van der Waals surface area contributed by atoms with Gasteiger partial charge >= 0.3 is 0 Å². The van der Waals surface area contributed by atoms with Crippen molar-refractivity contribution in [2.24, 2.45) is 0 Å². The number of aryl methyl sites for hydroxylation is 1. The Morgan fingerprint density at radius 3 is 2.41 bits per heavy atom. The summed E-state index contributed by atoms with van der Waals surface area (Å²) in [6.45, 7) is 10.1. The Bertz CT molecular complexity index is 497. The first-order valence-electron chi connectivity index (χ1n) is 7.91. The molecule has 1 amide bonds. The Balaban J connectivity index is 2.83. The van der Waals surface area contributed by atoms with Gasteiger partial charge in [0, 0.05) is 12.1 Å². The van der Waals surface area contributed by atoms with E-state index in [0.29, 0.717) is 6.54 Å².